The fourth-order valence-electron chi connectivity index (χ4n) is 2.84. The van der Waals surface area contributed by atoms with Crippen molar-refractivity contribution in [1.82, 2.24) is 15.5 Å². The van der Waals surface area contributed by atoms with Gasteiger partial charge in [-0.05, 0) is 51.6 Å². The summed E-state index contributed by atoms with van der Waals surface area (Å²) in [4.78, 5) is 6.90. The lowest BCUT2D eigenvalue weighted by Gasteiger charge is -2.25. The SMILES string of the molecule is CCN1CCCC1CNC(=NC)NC(C)CCC(C)C. The quantitative estimate of drug-likeness (QED) is 0.556. The van der Waals surface area contributed by atoms with Gasteiger partial charge in [-0.25, -0.2) is 0 Å². The molecule has 0 amide bonds. The number of likely N-dealkylation sites (N-methyl/N-ethyl adjacent to an activating group) is 1. The number of hydrogen-bond donors (Lipinski definition) is 2. The van der Waals surface area contributed by atoms with Crippen LogP contribution in [0.4, 0.5) is 0 Å². The molecule has 0 aromatic rings. The number of aliphatic imine (C=N–C) groups is 1. The Morgan fingerprint density at radius 1 is 1.30 bits per heavy atom. The minimum absolute atomic E-state index is 0.481. The number of likely N-dealkylation sites (tertiary alicyclic amines) is 1. The summed E-state index contributed by atoms with van der Waals surface area (Å²) in [6.45, 7) is 12.5. The van der Waals surface area contributed by atoms with E-state index >= 15 is 0 Å². The zero-order valence-electron chi connectivity index (χ0n) is 14.1. The summed E-state index contributed by atoms with van der Waals surface area (Å²) in [7, 11) is 1.86. The molecule has 20 heavy (non-hydrogen) atoms. The topological polar surface area (TPSA) is 39.7 Å². The van der Waals surface area contributed by atoms with Crippen LogP contribution < -0.4 is 10.6 Å². The summed E-state index contributed by atoms with van der Waals surface area (Å²) in [5, 5.41) is 6.99. The van der Waals surface area contributed by atoms with Crippen molar-refractivity contribution in [2.75, 3.05) is 26.7 Å². The minimum atomic E-state index is 0.481. The normalized spacial score (nSPS) is 22.3. The van der Waals surface area contributed by atoms with Gasteiger partial charge in [0, 0.05) is 25.7 Å². The van der Waals surface area contributed by atoms with Crippen molar-refractivity contribution < 1.29 is 0 Å². The molecule has 4 nitrogen and oxygen atoms in total. The Morgan fingerprint density at radius 3 is 2.65 bits per heavy atom. The summed E-state index contributed by atoms with van der Waals surface area (Å²) in [6, 6.07) is 1.15. The molecule has 0 spiro atoms. The van der Waals surface area contributed by atoms with Crippen molar-refractivity contribution in [1.29, 1.82) is 0 Å². The second-order valence-electron chi connectivity index (χ2n) is 6.39. The lowest BCUT2D eigenvalue weighted by Crippen LogP contribution is -2.47. The van der Waals surface area contributed by atoms with Gasteiger partial charge in [-0.2, -0.15) is 0 Å². The molecule has 0 aromatic heterocycles. The number of guanidine groups is 1. The first-order chi connectivity index (χ1) is 9.56. The average Bonchev–Trinajstić information content (AvgIpc) is 2.88. The third-order valence-corrected chi connectivity index (χ3v) is 4.19. The van der Waals surface area contributed by atoms with Gasteiger partial charge in [-0.1, -0.05) is 20.8 Å². The standard InChI is InChI=1S/C16H34N4/c1-6-20-11-7-8-15(20)12-18-16(17-5)19-14(4)10-9-13(2)3/h13-15H,6-12H2,1-5H3,(H2,17,18,19). The number of nitrogens with zero attached hydrogens (tertiary/aromatic N) is 2. The van der Waals surface area contributed by atoms with Crippen LogP contribution in [0.3, 0.4) is 0 Å². The Morgan fingerprint density at radius 2 is 2.05 bits per heavy atom. The molecule has 0 saturated carbocycles. The van der Waals surface area contributed by atoms with Crippen molar-refractivity contribution in [2.24, 2.45) is 10.9 Å². The molecule has 0 aliphatic carbocycles. The number of hydrogen-bond acceptors (Lipinski definition) is 2. The smallest absolute Gasteiger partial charge is 0.191 e. The molecule has 1 saturated heterocycles. The second kappa shape index (κ2) is 9.22. The van der Waals surface area contributed by atoms with E-state index in [4.69, 9.17) is 0 Å². The molecule has 4 heteroatoms. The van der Waals surface area contributed by atoms with Crippen molar-refractivity contribution in [3.05, 3.63) is 0 Å². The van der Waals surface area contributed by atoms with E-state index in [1.807, 2.05) is 7.05 Å². The van der Waals surface area contributed by atoms with Crippen LogP contribution in [-0.4, -0.2) is 49.6 Å². The third kappa shape index (κ3) is 6.12. The zero-order chi connectivity index (χ0) is 15.0. The van der Waals surface area contributed by atoms with Gasteiger partial charge < -0.3 is 10.6 Å². The summed E-state index contributed by atoms with van der Waals surface area (Å²) < 4.78 is 0. The molecule has 1 aliphatic heterocycles. The Bertz CT molecular complexity index is 288. The van der Waals surface area contributed by atoms with Crippen LogP contribution in [0.1, 0.15) is 53.4 Å². The van der Waals surface area contributed by atoms with E-state index in [0.717, 1.165) is 25.0 Å². The maximum atomic E-state index is 4.34. The van der Waals surface area contributed by atoms with Crippen LogP contribution in [0, 0.1) is 5.92 Å². The molecule has 1 rings (SSSR count). The van der Waals surface area contributed by atoms with Crippen LogP contribution in [0.15, 0.2) is 4.99 Å². The van der Waals surface area contributed by atoms with Gasteiger partial charge in [0.2, 0.25) is 0 Å². The van der Waals surface area contributed by atoms with Crippen molar-refractivity contribution in [3.63, 3.8) is 0 Å². The van der Waals surface area contributed by atoms with Gasteiger partial charge >= 0.3 is 0 Å². The van der Waals surface area contributed by atoms with Crippen molar-refractivity contribution in [2.45, 2.75) is 65.5 Å². The Kier molecular flexibility index (Phi) is 7.97. The Labute approximate surface area is 125 Å². The summed E-state index contributed by atoms with van der Waals surface area (Å²) in [5.41, 5.74) is 0. The predicted molar refractivity (Wildman–Crippen MR) is 88.3 cm³/mol. The van der Waals surface area contributed by atoms with Crippen LogP contribution in [0.25, 0.3) is 0 Å². The first-order valence-corrected chi connectivity index (χ1v) is 8.28. The van der Waals surface area contributed by atoms with E-state index in [-0.39, 0.29) is 0 Å². The van der Waals surface area contributed by atoms with Crippen LogP contribution in [0.2, 0.25) is 0 Å². The lowest BCUT2D eigenvalue weighted by molar-refractivity contribution is 0.266. The van der Waals surface area contributed by atoms with Gasteiger partial charge in [-0.3, -0.25) is 9.89 Å². The molecule has 2 atom stereocenters. The van der Waals surface area contributed by atoms with Crippen LogP contribution in [0.5, 0.6) is 0 Å². The van der Waals surface area contributed by atoms with Crippen LogP contribution in [-0.2, 0) is 0 Å². The van der Waals surface area contributed by atoms with Gasteiger partial charge in [0.25, 0.3) is 0 Å². The zero-order valence-corrected chi connectivity index (χ0v) is 14.1. The minimum Gasteiger partial charge on any atom is -0.355 e. The van der Waals surface area contributed by atoms with Crippen LogP contribution >= 0.6 is 0 Å². The summed E-state index contributed by atoms with van der Waals surface area (Å²) >= 11 is 0. The number of rotatable bonds is 7. The summed E-state index contributed by atoms with van der Waals surface area (Å²) in [6.07, 6.45) is 5.10. The largest absolute Gasteiger partial charge is 0.355 e. The van der Waals surface area contributed by atoms with E-state index in [0.29, 0.717) is 12.1 Å². The molecular weight excluding hydrogens is 248 g/mol. The molecule has 1 heterocycles. The number of nitrogens with one attached hydrogen (secondary N) is 2. The van der Waals surface area contributed by atoms with E-state index in [9.17, 15) is 0 Å². The van der Waals surface area contributed by atoms with Gasteiger partial charge in [-0.15, -0.1) is 0 Å². The first-order valence-electron chi connectivity index (χ1n) is 8.28. The maximum Gasteiger partial charge on any atom is 0.191 e. The molecule has 0 aromatic carbocycles. The average molecular weight is 282 g/mol. The highest BCUT2D eigenvalue weighted by atomic mass is 15.2. The van der Waals surface area contributed by atoms with Gasteiger partial charge in [0.15, 0.2) is 5.96 Å². The van der Waals surface area contributed by atoms with E-state index in [1.165, 1.54) is 32.2 Å². The molecule has 0 radical (unpaired) electrons. The molecular formula is C16H34N4. The second-order valence-corrected chi connectivity index (χ2v) is 6.39. The summed E-state index contributed by atoms with van der Waals surface area (Å²) in [5.74, 6) is 1.72. The van der Waals surface area contributed by atoms with E-state index < -0.39 is 0 Å². The maximum absolute atomic E-state index is 4.34. The molecule has 1 aliphatic rings. The monoisotopic (exact) mass is 282 g/mol. The van der Waals surface area contributed by atoms with Crippen molar-refractivity contribution >= 4 is 5.96 Å². The molecule has 2 N–H and O–H groups in total. The van der Waals surface area contributed by atoms with E-state index in [2.05, 4.69) is 48.2 Å². The fourth-order valence-corrected chi connectivity index (χ4v) is 2.84. The van der Waals surface area contributed by atoms with E-state index in [1.54, 1.807) is 0 Å². The Hall–Kier alpha value is -0.770. The fraction of sp³-hybridized carbons (Fsp3) is 0.938. The Balaban J connectivity index is 2.29. The predicted octanol–water partition coefficient (Wildman–Crippen LogP) is 2.46. The van der Waals surface area contributed by atoms with Gasteiger partial charge in [0.1, 0.15) is 0 Å². The molecule has 0 bridgehead atoms. The third-order valence-electron chi connectivity index (χ3n) is 4.19. The molecule has 118 valence electrons. The van der Waals surface area contributed by atoms with Crippen molar-refractivity contribution in [3.8, 4) is 0 Å². The highest BCUT2D eigenvalue weighted by Gasteiger charge is 2.22. The van der Waals surface area contributed by atoms with Gasteiger partial charge in [0.05, 0.1) is 0 Å². The highest BCUT2D eigenvalue weighted by molar-refractivity contribution is 5.79. The first kappa shape index (κ1) is 17.3. The highest BCUT2D eigenvalue weighted by Crippen LogP contribution is 2.15. The molecule has 2 unspecified atom stereocenters. The lowest BCUT2D eigenvalue weighted by atomic mass is 10.0. The molecule has 1 fully saturated rings.